The molecule has 6 aromatic rings. The van der Waals surface area contributed by atoms with E-state index >= 15 is 0 Å². The Morgan fingerprint density at radius 2 is 1.67 bits per heavy atom. The Morgan fingerprint density at radius 1 is 0.904 bits per heavy atom. The highest BCUT2D eigenvalue weighted by Gasteiger charge is 2.44. The molecule has 5 heterocycles. The molecule has 2 aliphatic heterocycles. The molecule has 1 unspecified atom stereocenters. The largest absolute Gasteiger partial charge is 0.391 e. The van der Waals surface area contributed by atoms with Crippen molar-refractivity contribution in [1.82, 2.24) is 50.5 Å². The van der Waals surface area contributed by atoms with Gasteiger partial charge < -0.3 is 36.3 Å². The number of nitrogens with one attached hydrogen (secondary N) is 5. The van der Waals surface area contributed by atoms with Gasteiger partial charge in [-0.2, -0.15) is 5.10 Å². The molecule has 8 rings (SSSR count). The van der Waals surface area contributed by atoms with Crippen LogP contribution in [-0.2, 0) is 39.3 Å². The van der Waals surface area contributed by atoms with Gasteiger partial charge in [-0.1, -0.05) is 77.1 Å². The van der Waals surface area contributed by atoms with Gasteiger partial charge >= 0.3 is 0 Å². The topological polar surface area (TPSA) is 220 Å². The average molecular weight is 1010 g/mol. The predicted octanol–water partition coefficient (Wildman–Crippen LogP) is 7.39. The second-order valence-electron chi connectivity index (χ2n) is 21.0. The zero-order chi connectivity index (χ0) is 51.6. The Bertz CT molecular complexity index is 2890. The number of hydrogen-bond donors (Lipinski definition) is 6. The van der Waals surface area contributed by atoms with Crippen molar-refractivity contribution < 1.29 is 29.1 Å². The van der Waals surface area contributed by atoms with Crippen LogP contribution in [0.5, 0.6) is 0 Å². The Labute approximate surface area is 431 Å². The van der Waals surface area contributed by atoms with E-state index in [1.165, 1.54) is 4.90 Å². The Kier molecular flexibility index (Phi) is 17.4. The summed E-state index contributed by atoms with van der Waals surface area (Å²) in [6.45, 7) is 11.0. The van der Waals surface area contributed by atoms with Gasteiger partial charge in [-0.15, -0.1) is 11.3 Å². The molecule has 0 saturated carbocycles. The number of aromatic amines is 1. The smallest absolute Gasteiger partial charge is 0.255 e. The number of thiazole rings is 1. The molecule has 2 aliphatic rings. The number of unbranched alkanes of at least 4 members (excludes halogenated alkanes) is 6. The van der Waals surface area contributed by atoms with Gasteiger partial charge in [0, 0.05) is 69.1 Å². The minimum absolute atomic E-state index is 0.0298. The molecular weight excluding hydrogens is 943 g/mol. The summed E-state index contributed by atoms with van der Waals surface area (Å²) in [5.41, 5.74) is 8.04. The maximum Gasteiger partial charge on any atom is 0.255 e. The third-order valence-corrected chi connectivity index (χ3v) is 15.1. The number of β-amino-alcohol motifs (C(OH)–C–C–N with tert-alkyl or cyclic N) is 1. The van der Waals surface area contributed by atoms with Crippen molar-refractivity contribution in [3.8, 4) is 10.4 Å². The number of fused-ring (bicyclic) bond motifs is 2. The number of benzene rings is 3. The van der Waals surface area contributed by atoms with Crippen molar-refractivity contribution in [3.63, 3.8) is 0 Å². The van der Waals surface area contributed by atoms with Crippen LogP contribution in [0.1, 0.15) is 119 Å². The fourth-order valence-electron chi connectivity index (χ4n) is 10.0. The minimum atomic E-state index is -0.855. The van der Waals surface area contributed by atoms with E-state index in [9.17, 15) is 29.1 Å². The first kappa shape index (κ1) is 52.8. The summed E-state index contributed by atoms with van der Waals surface area (Å²) < 4.78 is 1.78. The normalized spacial score (nSPS) is 17.6. The van der Waals surface area contributed by atoms with Crippen LogP contribution in [0.2, 0.25) is 0 Å². The number of hydrogen-bond acceptors (Lipinski definition) is 11. The lowest BCUT2D eigenvalue weighted by atomic mass is 9.85. The van der Waals surface area contributed by atoms with Gasteiger partial charge in [-0.3, -0.25) is 33.6 Å². The number of anilines is 1. The van der Waals surface area contributed by atoms with Crippen molar-refractivity contribution >= 4 is 68.5 Å². The Balaban J connectivity index is 0.668. The number of carbonyl (C=O) groups excluding carboxylic acids is 5. The van der Waals surface area contributed by atoms with E-state index in [0.29, 0.717) is 49.5 Å². The highest BCUT2D eigenvalue weighted by molar-refractivity contribution is 7.13. The first-order valence-corrected chi connectivity index (χ1v) is 26.7. The highest BCUT2D eigenvalue weighted by atomic mass is 32.1. The average Bonchev–Trinajstić information content (AvgIpc) is 4.22. The number of nitrogens with zero attached hydrogens (tertiary/aromatic N) is 6. The molecule has 388 valence electrons. The lowest BCUT2D eigenvalue weighted by Gasteiger charge is -2.35. The molecule has 6 N–H and O–H groups in total. The maximum absolute atomic E-state index is 14.0. The number of aliphatic hydroxyl groups excluding tert-OH is 1. The lowest BCUT2D eigenvalue weighted by Crippen LogP contribution is -2.57. The molecule has 0 aliphatic carbocycles. The number of aryl methyl sites for hydroxylation is 2. The minimum Gasteiger partial charge on any atom is -0.391 e. The number of aromatic nitrogens is 5. The fourth-order valence-corrected chi connectivity index (χ4v) is 10.8. The standard InChI is InChI=1S/C55H71N11O6S/c1-35-50(73-34-58-35)38-16-14-36(15-17-38)29-57-53(71)46-28-42(67)32-66(46)54(72)51(55(2,3)4)63-48(68)13-11-9-7-6-8-10-12-23-56-49(69)25-37-22-24-65(31-37)33-47-61-43-20-19-41(27-44(43)62-47)60-52(70)39-18-21-45-40(26-39)30-59-64(45)5/h14-21,26-27,30,34,37,42,46,51,67H,6-13,22-25,28-29,31-33H2,1-5H3,(H,56,69)(H,57,71)(H,60,70)(H,61,62)(H,63,68)/t37?,42-,46+,51-/m1/s1. The van der Waals surface area contributed by atoms with Crippen LogP contribution in [0.15, 0.2) is 72.4 Å². The summed E-state index contributed by atoms with van der Waals surface area (Å²) in [5, 5.41) is 27.8. The summed E-state index contributed by atoms with van der Waals surface area (Å²) in [6, 6.07) is 17.5. The molecule has 18 heteroatoms. The fraction of sp³-hybridized carbons (Fsp3) is 0.491. The van der Waals surface area contributed by atoms with Crippen LogP contribution in [0, 0.1) is 18.3 Å². The van der Waals surface area contributed by atoms with Gasteiger partial charge in [0.25, 0.3) is 5.91 Å². The van der Waals surface area contributed by atoms with Crippen molar-refractivity contribution in [2.45, 2.75) is 130 Å². The number of H-pyrrole nitrogens is 1. The number of amides is 5. The van der Waals surface area contributed by atoms with E-state index < -0.39 is 23.6 Å². The Morgan fingerprint density at radius 3 is 2.42 bits per heavy atom. The summed E-state index contributed by atoms with van der Waals surface area (Å²) in [6.07, 6.45) is 9.46. The molecule has 5 amide bonds. The molecule has 2 fully saturated rings. The second-order valence-corrected chi connectivity index (χ2v) is 21.9. The first-order valence-electron chi connectivity index (χ1n) is 25.8. The zero-order valence-electron chi connectivity index (χ0n) is 42.8. The monoisotopic (exact) mass is 1010 g/mol. The van der Waals surface area contributed by atoms with Crippen LogP contribution in [0.3, 0.4) is 0 Å². The van der Waals surface area contributed by atoms with Crippen LogP contribution in [0.25, 0.3) is 32.4 Å². The van der Waals surface area contributed by atoms with E-state index in [-0.39, 0.29) is 49.0 Å². The molecule has 3 aromatic carbocycles. The van der Waals surface area contributed by atoms with Crippen LogP contribution in [-0.4, -0.2) is 114 Å². The predicted molar refractivity (Wildman–Crippen MR) is 284 cm³/mol. The summed E-state index contributed by atoms with van der Waals surface area (Å²) in [5.74, 6) is 0.153. The maximum atomic E-state index is 14.0. The molecule has 4 atom stereocenters. The van der Waals surface area contributed by atoms with Gasteiger partial charge in [-0.25, -0.2) is 9.97 Å². The molecule has 17 nitrogen and oxygen atoms in total. The molecule has 73 heavy (non-hydrogen) atoms. The number of imidazole rings is 1. The van der Waals surface area contributed by atoms with E-state index in [0.717, 1.165) is 107 Å². The van der Waals surface area contributed by atoms with Crippen molar-refractivity contribution in [2.75, 3.05) is 31.5 Å². The van der Waals surface area contributed by atoms with Crippen molar-refractivity contribution in [1.29, 1.82) is 0 Å². The van der Waals surface area contributed by atoms with Crippen LogP contribution >= 0.6 is 11.3 Å². The first-order chi connectivity index (χ1) is 35.1. The van der Waals surface area contributed by atoms with Gasteiger partial charge in [-0.05, 0) is 91.6 Å². The molecule has 3 aromatic heterocycles. The third kappa shape index (κ3) is 14.0. The molecule has 0 spiro atoms. The van der Waals surface area contributed by atoms with Crippen LogP contribution < -0.4 is 21.3 Å². The highest BCUT2D eigenvalue weighted by Crippen LogP contribution is 2.29. The van der Waals surface area contributed by atoms with Gasteiger partial charge in [0.15, 0.2) is 0 Å². The third-order valence-electron chi connectivity index (χ3n) is 14.1. The van der Waals surface area contributed by atoms with Crippen LogP contribution in [0.4, 0.5) is 5.69 Å². The van der Waals surface area contributed by atoms with Gasteiger partial charge in [0.2, 0.25) is 23.6 Å². The summed E-state index contributed by atoms with van der Waals surface area (Å²) in [7, 11) is 1.87. The van der Waals surface area contributed by atoms with E-state index in [1.54, 1.807) is 28.3 Å². The molecule has 0 bridgehead atoms. The van der Waals surface area contributed by atoms with Crippen molar-refractivity contribution in [3.05, 3.63) is 95.0 Å². The van der Waals surface area contributed by atoms with Crippen molar-refractivity contribution in [2.24, 2.45) is 18.4 Å². The lowest BCUT2D eigenvalue weighted by molar-refractivity contribution is -0.144. The zero-order valence-corrected chi connectivity index (χ0v) is 43.7. The molecular formula is C55H71N11O6S. The number of carbonyl (C=O) groups is 5. The second kappa shape index (κ2) is 24.0. The number of rotatable bonds is 22. The van der Waals surface area contributed by atoms with E-state index in [1.807, 2.05) is 94.9 Å². The SMILES string of the molecule is Cc1ncsc1-c1ccc(CNC(=O)[C@@H]2C[C@@H](O)CN2C(=O)[C@@H](NC(=O)CCCCCCCCCNC(=O)CC2CCN(Cc3nc4ccc(NC(=O)c5ccc6c(cnn6C)c5)cc4[nH]3)C2)C(C)(C)C)cc1. The summed E-state index contributed by atoms with van der Waals surface area (Å²) in [4.78, 5) is 83.9. The van der Waals surface area contributed by atoms with Gasteiger partial charge in [0.05, 0.1) is 51.5 Å². The molecule has 0 radical (unpaired) electrons. The molecule has 2 saturated heterocycles. The quantitative estimate of drug-likeness (QED) is 0.0371. The number of aliphatic hydroxyl groups is 1. The summed E-state index contributed by atoms with van der Waals surface area (Å²) >= 11 is 1.58. The van der Waals surface area contributed by atoms with E-state index in [4.69, 9.17) is 4.98 Å². The number of likely N-dealkylation sites (tertiary alicyclic amines) is 2. The van der Waals surface area contributed by atoms with E-state index in [2.05, 4.69) is 41.2 Å². The Hall–Kier alpha value is -6.50. The van der Waals surface area contributed by atoms with Gasteiger partial charge in [0.1, 0.15) is 17.9 Å².